The van der Waals surface area contributed by atoms with Gasteiger partial charge in [-0.1, -0.05) is 123 Å². The van der Waals surface area contributed by atoms with Crippen molar-refractivity contribution in [2.24, 2.45) is 5.73 Å². The molecule has 0 heterocycles. The van der Waals surface area contributed by atoms with Crippen molar-refractivity contribution < 1.29 is 0 Å². The minimum atomic E-state index is 0.353. The molecule has 1 aromatic rings. The summed E-state index contributed by atoms with van der Waals surface area (Å²) in [5.41, 5.74) is 9.72. The molecule has 0 radical (unpaired) electrons. The molecule has 162 valence electrons. The van der Waals surface area contributed by atoms with Gasteiger partial charge >= 0.3 is 0 Å². The molecule has 1 rings (SSSR count). The molecule has 28 heavy (non-hydrogen) atoms. The van der Waals surface area contributed by atoms with Crippen LogP contribution in [0.2, 0.25) is 0 Å². The van der Waals surface area contributed by atoms with Crippen LogP contribution in [0.25, 0.3) is 0 Å². The Balaban J connectivity index is 2.62. The lowest BCUT2D eigenvalue weighted by Gasteiger charge is -2.25. The topological polar surface area (TPSA) is 26.0 Å². The van der Waals surface area contributed by atoms with Crippen LogP contribution in [0.5, 0.6) is 0 Å². The third kappa shape index (κ3) is 10.6. The monoisotopic (exact) mass is 387 g/mol. The van der Waals surface area contributed by atoms with E-state index in [9.17, 15) is 0 Å². The van der Waals surface area contributed by atoms with E-state index >= 15 is 0 Å². The second-order valence-corrected chi connectivity index (χ2v) is 9.24. The average molecular weight is 388 g/mol. The number of unbranched alkanes of at least 4 members (excludes halogenated alkanes) is 9. The van der Waals surface area contributed by atoms with Crippen molar-refractivity contribution in [3.63, 3.8) is 0 Å². The zero-order chi connectivity index (χ0) is 20.6. The smallest absolute Gasteiger partial charge is 0.00446 e. The van der Waals surface area contributed by atoms with Crippen LogP contribution in [0.1, 0.15) is 141 Å². The fraction of sp³-hybridized carbons (Fsp3) is 0.778. The standard InChI is InChI=1S/C27H49N/c1-5-7-9-11-12-13-14-18-24(22-25(28)19-15-10-8-6-2)27-21-17-16-20-26(27)23(3)4/h16-17,20-21,23-25H,5-15,18-19,22,28H2,1-4H3. The largest absolute Gasteiger partial charge is 0.328 e. The van der Waals surface area contributed by atoms with E-state index in [-0.39, 0.29) is 0 Å². The Hall–Kier alpha value is -0.820. The van der Waals surface area contributed by atoms with Crippen LogP contribution in [0, 0.1) is 0 Å². The van der Waals surface area contributed by atoms with E-state index < -0.39 is 0 Å². The molecule has 0 aromatic heterocycles. The second kappa shape index (κ2) is 16.0. The Morgan fingerprint density at radius 3 is 1.79 bits per heavy atom. The minimum Gasteiger partial charge on any atom is -0.328 e. The van der Waals surface area contributed by atoms with Gasteiger partial charge in [0.25, 0.3) is 0 Å². The van der Waals surface area contributed by atoms with Gasteiger partial charge in [-0.3, -0.25) is 0 Å². The fourth-order valence-electron chi connectivity index (χ4n) is 4.47. The Morgan fingerprint density at radius 2 is 1.18 bits per heavy atom. The zero-order valence-electron chi connectivity index (χ0n) is 19.5. The Morgan fingerprint density at radius 1 is 0.679 bits per heavy atom. The maximum absolute atomic E-state index is 6.61. The van der Waals surface area contributed by atoms with Gasteiger partial charge in [-0.05, 0) is 42.2 Å². The van der Waals surface area contributed by atoms with Gasteiger partial charge in [0.05, 0.1) is 0 Å². The molecule has 0 aliphatic rings. The Bertz CT molecular complexity index is 479. The second-order valence-electron chi connectivity index (χ2n) is 9.24. The number of rotatable bonds is 17. The maximum Gasteiger partial charge on any atom is 0.00446 e. The van der Waals surface area contributed by atoms with Gasteiger partial charge in [-0.2, -0.15) is 0 Å². The predicted octanol–water partition coefficient (Wildman–Crippen LogP) is 8.72. The predicted molar refractivity (Wildman–Crippen MR) is 127 cm³/mol. The van der Waals surface area contributed by atoms with Gasteiger partial charge in [-0.25, -0.2) is 0 Å². The first kappa shape index (κ1) is 25.2. The normalized spacial score (nSPS) is 13.8. The van der Waals surface area contributed by atoms with Crippen molar-refractivity contribution in [1.82, 2.24) is 0 Å². The molecule has 2 unspecified atom stereocenters. The van der Waals surface area contributed by atoms with Crippen LogP contribution < -0.4 is 5.73 Å². The highest BCUT2D eigenvalue weighted by atomic mass is 14.6. The molecule has 2 atom stereocenters. The molecule has 0 fully saturated rings. The first-order valence-corrected chi connectivity index (χ1v) is 12.4. The molecule has 0 amide bonds. The molecule has 0 spiro atoms. The van der Waals surface area contributed by atoms with Crippen LogP contribution in [0.3, 0.4) is 0 Å². The Kier molecular flexibility index (Phi) is 14.4. The van der Waals surface area contributed by atoms with Crippen LogP contribution in [0.15, 0.2) is 24.3 Å². The first-order chi connectivity index (χ1) is 13.6. The molecule has 1 heteroatoms. The van der Waals surface area contributed by atoms with E-state index in [1.165, 1.54) is 89.0 Å². The highest BCUT2D eigenvalue weighted by molar-refractivity contribution is 5.33. The van der Waals surface area contributed by atoms with Crippen LogP contribution in [-0.4, -0.2) is 6.04 Å². The van der Waals surface area contributed by atoms with E-state index in [4.69, 9.17) is 5.73 Å². The highest BCUT2D eigenvalue weighted by Crippen LogP contribution is 2.33. The summed E-state index contributed by atoms with van der Waals surface area (Å²) in [4.78, 5) is 0. The number of hydrogen-bond donors (Lipinski definition) is 1. The molecule has 2 N–H and O–H groups in total. The minimum absolute atomic E-state index is 0.353. The van der Waals surface area contributed by atoms with E-state index in [1.54, 1.807) is 5.56 Å². The van der Waals surface area contributed by atoms with Gasteiger partial charge in [-0.15, -0.1) is 0 Å². The number of nitrogens with two attached hydrogens (primary N) is 1. The summed E-state index contributed by atoms with van der Waals surface area (Å²) in [6.45, 7) is 9.23. The Labute approximate surface area is 176 Å². The third-order valence-electron chi connectivity index (χ3n) is 6.23. The van der Waals surface area contributed by atoms with E-state index in [0.29, 0.717) is 17.9 Å². The van der Waals surface area contributed by atoms with Crippen molar-refractivity contribution in [2.75, 3.05) is 0 Å². The lowest BCUT2D eigenvalue weighted by atomic mass is 9.81. The van der Waals surface area contributed by atoms with Crippen molar-refractivity contribution in [3.05, 3.63) is 35.4 Å². The van der Waals surface area contributed by atoms with Crippen LogP contribution >= 0.6 is 0 Å². The lowest BCUT2D eigenvalue weighted by Crippen LogP contribution is -2.23. The molecule has 1 aromatic carbocycles. The van der Waals surface area contributed by atoms with Crippen molar-refractivity contribution >= 4 is 0 Å². The summed E-state index contributed by atoms with van der Waals surface area (Å²) >= 11 is 0. The molecule has 0 saturated heterocycles. The summed E-state index contributed by atoms with van der Waals surface area (Å²) in [5.74, 6) is 1.23. The zero-order valence-corrected chi connectivity index (χ0v) is 19.5. The number of hydrogen-bond acceptors (Lipinski definition) is 1. The summed E-state index contributed by atoms with van der Waals surface area (Å²) in [6.07, 6.45) is 18.7. The van der Waals surface area contributed by atoms with E-state index in [0.717, 1.165) is 6.42 Å². The molecular weight excluding hydrogens is 338 g/mol. The molecule has 0 aliphatic carbocycles. The lowest BCUT2D eigenvalue weighted by molar-refractivity contribution is 0.442. The van der Waals surface area contributed by atoms with Gasteiger partial charge in [0.1, 0.15) is 0 Å². The van der Waals surface area contributed by atoms with Crippen molar-refractivity contribution in [1.29, 1.82) is 0 Å². The molecular formula is C27H49N. The van der Waals surface area contributed by atoms with Gasteiger partial charge in [0.15, 0.2) is 0 Å². The highest BCUT2D eigenvalue weighted by Gasteiger charge is 2.19. The van der Waals surface area contributed by atoms with Crippen molar-refractivity contribution in [2.45, 2.75) is 135 Å². The van der Waals surface area contributed by atoms with E-state index in [2.05, 4.69) is 52.0 Å². The summed E-state index contributed by atoms with van der Waals surface area (Å²) < 4.78 is 0. The quantitative estimate of drug-likeness (QED) is 0.266. The van der Waals surface area contributed by atoms with Gasteiger partial charge < -0.3 is 5.73 Å². The van der Waals surface area contributed by atoms with E-state index in [1.807, 2.05) is 0 Å². The third-order valence-corrected chi connectivity index (χ3v) is 6.23. The molecule has 0 aliphatic heterocycles. The molecule has 0 bridgehead atoms. The van der Waals surface area contributed by atoms with Crippen LogP contribution in [-0.2, 0) is 0 Å². The summed E-state index contributed by atoms with van der Waals surface area (Å²) in [6, 6.07) is 9.50. The molecule has 1 nitrogen and oxygen atoms in total. The fourth-order valence-corrected chi connectivity index (χ4v) is 4.47. The maximum atomic E-state index is 6.61. The number of benzene rings is 1. The molecule has 0 saturated carbocycles. The van der Waals surface area contributed by atoms with Crippen molar-refractivity contribution in [3.8, 4) is 0 Å². The average Bonchev–Trinajstić information content (AvgIpc) is 2.69. The first-order valence-electron chi connectivity index (χ1n) is 12.4. The van der Waals surface area contributed by atoms with Crippen LogP contribution in [0.4, 0.5) is 0 Å². The SMILES string of the molecule is CCCCCCCCCC(CC(N)CCCCCC)c1ccccc1C(C)C. The van der Waals surface area contributed by atoms with Gasteiger partial charge in [0, 0.05) is 6.04 Å². The summed E-state index contributed by atoms with van der Waals surface area (Å²) in [7, 11) is 0. The summed E-state index contributed by atoms with van der Waals surface area (Å²) in [5, 5.41) is 0. The van der Waals surface area contributed by atoms with Gasteiger partial charge in [0.2, 0.25) is 0 Å².